The molecule has 0 radical (unpaired) electrons. The van der Waals surface area contributed by atoms with Crippen LogP contribution < -0.4 is 5.32 Å². The Hall–Kier alpha value is -3.64. The molecule has 0 spiro atoms. The number of halogens is 1. The number of carbonyl (C=O) groups is 1. The molecular formula is C23H18ClN5O. The van der Waals surface area contributed by atoms with E-state index in [9.17, 15) is 4.79 Å². The lowest BCUT2D eigenvalue weighted by Crippen LogP contribution is -2.42. The van der Waals surface area contributed by atoms with Gasteiger partial charge in [-0.25, -0.2) is 4.68 Å². The number of carbonyl (C=O) groups excluding carboxylic acids is 1. The van der Waals surface area contributed by atoms with Crippen molar-refractivity contribution >= 4 is 23.2 Å². The number of hydrogen-bond donors (Lipinski definition) is 1. The zero-order valence-corrected chi connectivity index (χ0v) is 16.7. The molecule has 148 valence electrons. The zero-order chi connectivity index (χ0) is 20.5. The van der Waals surface area contributed by atoms with Crippen LogP contribution in [0.3, 0.4) is 0 Å². The van der Waals surface area contributed by atoms with Gasteiger partial charge in [-0.3, -0.25) is 9.78 Å². The van der Waals surface area contributed by atoms with Gasteiger partial charge in [-0.1, -0.05) is 29.8 Å². The van der Waals surface area contributed by atoms with Crippen LogP contribution in [0.1, 0.15) is 27.7 Å². The van der Waals surface area contributed by atoms with Crippen LogP contribution in [-0.2, 0) is 6.54 Å². The number of nitrogens with one attached hydrogen (secondary N) is 1. The number of amides is 1. The number of nitrogens with zero attached hydrogens (tertiary/aromatic N) is 4. The summed E-state index contributed by atoms with van der Waals surface area (Å²) in [6.45, 7) is 0.435. The topological polar surface area (TPSA) is 63.1 Å². The molecule has 4 aromatic rings. The van der Waals surface area contributed by atoms with E-state index in [1.807, 2.05) is 71.8 Å². The van der Waals surface area contributed by atoms with Gasteiger partial charge in [0.2, 0.25) is 0 Å². The van der Waals surface area contributed by atoms with Crippen LogP contribution in [0.2, 0.25) is 5.02 Å². The van der Waals surface area contributed by atoms with Gasteiger partial charge in [0.25, 0.3) is 5.91 Å². The number of benzene rings is 2. The molecule has 1 unspecified atom stereocenters. The van der Waals surface area contributed by atoms with E-state index < -0.39 is 0 Å². The molecule has 1 N–H and O–H groups in total. The molecule has 1 amide bonds. The summed E-state index contributed by atoms with van der Waals surface area (Å²) < 4.78 is 1.78. The highest BCUT2D eigenvalue weighted by Crippen LogP contribution is 2.34. The Morgan fingerprint density at radius 1 is 1.00 bits per heavy atom. The Kier molecular flexibility index (Phi) is 4.69. The SMILES string of the molecule is O=C1c2ccccc2NC(c2cnn(-c3ccc(Cl)cc3)c2)N1Cc1cccnc1. The van der Waals surface area contributed by atoms with Crippen LogP contribution in [0.25, 0.3) is 5.69 Å². The van der Waals surface area contributed by atoms with Crippen molar-refractivity contribution in [1.82, 2.24) is 19.7 Å². The Morgan fingerprint density at radius 2 is 1.83 bits per heavy atom. The van der Waals surface area contributed by atoms with E-state index in [1.54, 1.807) is 23.3 Å². The quantitative estimate of drug-likeness (QED) is 0.525. The van der Waals surface area contributed by atoms with Crippen LogP contribution in [0.5, 0.6) is 0 Å². The Bertz CT molecular complexity index is 1190. The molecule has 0 saturated heterocycles. The number of pyridine rings is 1. The largest absolute Gasteiger partial charge is 0.361 e. The zero-order valence-electron chi connectivity index (χ0n) is 15.9. The minimum atomic E-state index is -0.353. The fourth-order valence-electron chi connectivity index (χ4n) is 3.62. The van der Waals surface area contributed by atoms with Crippen molar-refractivity contribution < 1.29 is 4.79 Å². The van der Waals surface area contributed by atoms with Gasteiger partial charge < -0.3 is 10.2 Å². The lowest BCUT2D eigenvalue weighted by atomic mass is 10.0. The second-order valence-electron chi connectivity index (χ2n) is 7.08. The van der Waals surface area contributed by atoms with Crippen LogP contribution >= 0.6 is 11.6 Å². The summed E-state index contributed by atoms with van der Waals surface area (Å²) in [5.41, 5.74) is 4.21. The summed E-state index contributed by atoms with van der Waals surface area (Å²) in [6.07, 6.45) is 6.86. The van der Waals surface area contributed by atoms with Crippen molar-refractivity contribution in [3.05, 3.63) is 107 Å². The van der Waals surface area contributed by atoms with E-state index in [4.69, 9.17) is 11.6 Å². The highest BCUT2D eigenvalue weighted by Gasteiger charge is 2.33. The summed E-state index contributed by atoms with van der Waals surface area (Å²) in [5.74, 6) is -0.0301. The average molecular weight is 416 g/mol. The van der Waals surface area contributed by atoms with Gasteiger partial charge in [0.05, 0.1) is 17.4 Å². The number of rotatable bonds is 4. The van der Waals surface area contributed by atoms with Crippen molar-refractivity contribution in [3.8, 4) is 5.69 Å². The molecule has 3 heterocycles. The summed E-state index contributed by atoms with van der Waals surface area (Å²) in [5, 5.41) is 8.67. The first-order valence-corrected chi connectivity index (χ1v) is 9.93. The molecule has 7 heteroatoms. The smallest absolute Gasteiger partial charge is 0.258 e. The second kappa shape index (κ2) is 7.65. The number of anilines is 1. The van der Waals surface area contributed by atoms with Crippen LogP contribution in [0.15, 0.2) is 85.5 Å². The summed E-state index contributed by atoms with van der Waals surface area (Å²) in [6, 6.07) is 18.9. The summed E-state index contributed by atoms with van der Waals surface area (Å²) in [7, 11) is 0. The molecule has 0 bridgehead atoms. The predicted molar refractivity (Wildman–Crippen MR) is 115 cm³/mol. The molecule has 2 aromatic carbocycles. The lowest BCUT2D eigenvalue weighted by Gasteiger charge is -2.37. The fourth-order valence-corrected chi connectivity index (χ4v) is 3.75. The van der Waals surface area contributed by atoms with Gasteiger partial charge in [-0.2, -0.15) is 5.10 Å². The van der Waals surface area contributed by atoms with Crippen molar-refractivity contribution in [2.24, 2.45) is 0 Å². The highest BCUT2D eigenvalue weighted by molar-refractivity contribution is 6.30. The van der Waals surface area contributed by atoms with Crippen molar-refractivity contribution in [2.45, 2.75) is 12.7 Å². The van der Waals surface area contributed by atoms with Gasteiger partial charge in [0.1, 0.15) is 6.17 Å². The number of fused-ring (bicyclic) bond motifs is 1. The highest BCUT2D eigenvalue weighted by atomic mass is 35.5. The minimum absolute atomic E-state index is 0.0301. The van der Waals surface area contributed by atoms with Crippen LogP contribution in [0, 0.1) is 0 Å². The standard InChI is InChI=1S/C23H18ClN5O/c24-18-7-9-19(10-8-18)29-15-17(13-26-29)22-27-21-6-2-1-5-20(21)23(30)28(22)14-16-4-3-11-25-12-16/h1-13,15,22,27H,14H2. The maximum atomic E-state index is 13.3. The van der Waals surface area contributed by atoms with Gasteiger partial charge >= 0.3 is 0 Å². The Morgan fingerprint density at radius 3 is 2.63 bits per heavy atom. The molecule has 1 aliphatic rings. The third-order valence-electron chi connectivity index (χ3n) is 5.11. The van der Waals surface area contributed by atoms with E-state index in [1.165, 1.54) is 0 Å². The molecule has 1 aliphatic heterocycles. The third-order valence-corrected chi connectivity index (χ3v) is 5.36. The molecule has 6 nitrogen and oxygen atoms in total. The summed E-state index contributed by atoms with van der Waals surface area (Å²) in [4.78, 5) is 19.3. The number of hydrogen-bond acceptors (Lipinski definition) is 4. The summed E-state index contributed by atoms with van der Waals surface area (Å²) >= 11 is 6.00. The van der Waals surface area contributed by atoms with E-state index in [0.717, 1.165) is 22.5 Å². The van der Waals surface area contributed by atoms with Gasteiger partial charge in [0.15, 0.2) is 0 Å². The molecule has 0 fully saturated rings. The van der Waals surface area contributed by atoms with Gasteiger partial charge in [-0.05, 0) is 48.0 Å². The molecule has 0 saturated carbocycles. The van der Waals surface area contributed by atoms with E-state index in [2.05, 4.69) is 15.4 Å². The maximum absolute atomic E-state index is 13.3. The molecule has 2 aromatic heterocycles. The normalized spacial score (nSPS) is 15.6. The molecule has 1 atom stereocenters. The third kappa shape index (κ3) is 3.42. The van der Waals surface area contributed by atoms with E-state index in [0.29, 0.717) is 17.1 Å². The number of aromatic nitrogens is 3. The Labute approximate surface area is 178 Å². The molecular weight excluding hydrogens is 398 g/mol. The van der Waals surface area contributed by atoms with Crippen molar-refractivity contribution in [3.63, 3.8) is 0 Å². The van der Waals surface area contributed by atoms with Crippen molar-refractivity contribution in [1.29, 1.82) is 0 Å². The molecule has 30 heavy (non-hydrogen) atoms. The van der Waals surface area contributed by atoms with Crippen LogP contribution in [-0.4, -0.2) is 25.6 Å². The van der Waals surface area contributed by atoms with Gasteiger partial charge in [0, 0.05) is 41.4 Å². The lowest BCUT2D eigenvalue weighted by molar-refractivity contribution is 0.0666. The average Bonchev–Trinajstić information content (AvgIpc) is 3.27. The van der Waals surface area contributed by atoms with Crippen molar-refractivity contribution in [2.75, 3.05) is 5.32 Å². The van der Waals surface area contributed by atoms with Crippen LogP contribution in [0.4, 0.5) is 5.69 Å². The first kappa shape index (κ1) is 18.4. The first-order chi connectivity index (χ1) is 14.7. The van der Waals surface area contributed by atoms with E-state index in [-0.39, 0.29) is 12.1 Å². The predicted octanol–water partition coefficient (Wildman–Crippen LogP) is 4.69. The molecule has 0 aliphatic carbocycles. The van der Waals surface area contributed by atoms with E-state index >= 15 is 0 Å². The monoisotopic (exact) mass is 415 g/mol. The minimum Gasteiger partial charge on any atom is -0.361 e. The number of para-hydroxylation sites is 1. The molecule has 5 rings (SSSR count). The maximum Gasteiger partial charge on any atom is 0.258 e. The first-order valence-electron chi connectivity index (χ1n) is 9.55. The van der Waals surface area contributed by atoms with Gasteiger partial charge in [-0.15, -0.1) is 0 Å². The fraction of sp³-hybridized carbons (Fsp3) is 0.0870. The Balaban J connectivity index is 1.53. The second-order valence-corrected chi connectivity index (χ2v) is 7.52.